The lowest BCUT2D eigenvalue weighted by molar-refractivity contribution is 0.0707. The first-order chi connectivity index (χ1) is 16.5. The highest BCUT2D eigenvalue weighted by Gasteiger charge is 2.28. The van der Waals surface area contributed by atoms with Crippen molar-refractivity contribution in [2.24, 2.45) is 7.05 Å². The van der Waals surface area contributed by atoms with Gasteiger partial charge in [0.25, 0.3) is 11.8 Å². The zero-order chi connectivity index (χ0) is 23.7. The summed E-state index contributed by atoms with van der Waals surface area (Å²) in [4.78, 5) is 36.7. The molecule has 4 heterocycles. The van der Waals surface area contributed by atoms with Crippen LogP contribution in [0.3, 0.4) is 0 Å². The van der Waals surface area contributed by atoms with Crippen molar-refractivity contribution in [3.8, 4) is 5.75 Å². The Kier molecular flexibility index (Phi) is 5.97. The van der Waals surface area contributed by atoms with E-state index >= 15 is 0 Å². The molecule has 2 amide bonds. The minimum absolute atomic E-state index is 0.0992. The lowest BCUT2D eigenvalue weighted by Crippen LogP contribution is -2.38. The minimum Gasteiger partial charge on any atom is -0.496 e. The van der Waals surface area contributed by atoms with Crippen LogP contribution in [-0.2, 0) is 7.05 Å². The molecule has 4 aromatic rings. The summed E-state index contributed by atoms with van der Waals surface area (Å²) in [6.07, 6.45) is 3.19. The molecule has 0 radical (unpaired) electrons. The number of rotatable bonds is 5. The molecule has 0 unspecified atom stereocenters. The highest BCUT2D eigenvalue weighted by Crippen LogP contribution is 2.32. The van der Waals surface area contributed by atoms with Gasteiger partial charge in [-0.2, -0.15) is 5.10 Å². The Hall–Kier alpha value is -3.79. The molecule has 0 spiro atoms. The number of pyridine rings is 1. The number of anilines is 1. The standard InChI is InChI=1S/C24H24N6O3S/c1-29-21(7-10-25-29)28-22(31)19-14-34-23(27-19)15-8-11-30(12-9-15)24(32)18-13-20(33-2)16-5-3-4-6-17(16)26-18/h3-7,10,13-15H,8-9,11-12H2,1-2H3,(H,28,31). The van der Waals surface area contributed by atoms with E-state index in [1.54, 1.807) is 42.5 Å². The van der Waals surface area contributed by atoms with Crippen molar-refractivity contribution >= 4 is 39.9 Å². The number of nitrogens with one attached hydrogen (secondary N) is 1. The third kappa shape index (κ3) is 4.24. The Morgan fingerprint density at radius 2 is 1.91 bits per heavy atom. The smallest absolute Gasteiger partial charge is 0.276 e. The Labute approximate surface area is 200 Å². The van der Waals surface area contributed by atoms with Crippen LogP contribution >= 0.6 is 11.3 Å². The van der Waals surface area contributed by atoms with Crippen LogP contribution < -0.4 is 10.1 Å². The summed E-state index contributed by atoms with van der Waals surface area (Å²) in [5.74, 6) is 1.12. The van der Waals surface area contributed by atoms with Crippen LogP contribution in [0.4, 0.5) is 5.82 Å². The number of likely N-dealkylation sites (tertiary alicyclic amines) is 1. The SMILES string of the molecule is COc1cc(C(=O)N2CCC(c3nc(C(=O)Nc4ccnn4C)cs3)CC2)nc2ccccc12. The van der Waals surface area contributed by atoms with Crippen molar-refractivity contribution in [3.05, 3.63) is 64.4 Å². The van der Waals surface area contributed by atoms with Gasteiger partial charge in [-0.15, -0.1) is 11.3 Å². The lowest BCUT2D eigenvalue weighted by atomic mass is 9.97. The second-order valence-electron chi connectivity index (χ2n) is 8.16. The molecule has 1 saturated heterocycles. The molecule has 174 valence electrons. The number of piperidine rings is 1. The Balaban J connectivity index is 1.24. The van der Waals surface area contributed by atoms with Gasteiger partial charge in [-0.05, 0) is 25.0 Å². The first-order valence-electron chi connectivity index (χ1n) is 11.0. The number of methoxy groups -OCH3 is 1. The molecule has 0 aliphatic carbocycles. The van der Waals surface area contributed by atoms with Crippen molar-refractivity contribution in [3.63, 3.8) is 0 Å². The molecule has 9 nitrogen and oxygen atoms in total. The zero-order valence-electron chi connectivity index (χ0n) is 18.9. The van der Waals surface area contributed by atoms with E-state index in [1.807, 2.05) is 29.2 Å². The Morgan fingerprint density at radius 3 is 2.65 bits per heavy atom. The van der Waals surface area contributed by atoms with Crippen LogP contribution in [-0.4, -0.2) is 56.7 Å². The summed E-state index contributed by atoms with van der Waals surface area (Å²) in [6.45, 7) is 1.22. The molecule has 0 saturated carbocycles. The summed E-state index contributed by atoms with van der Waals surface area (Å²) in [5, 5.41) is 10.5. The summed E-state index contributed by atoms with van der Waals surface area (Å²) >= 11 is 1.49. The highest BCUT2D eigenvalue weighted by atomic mass is 32.1. The molecule has 0 atom stereocenters. The number of aryl methyl sites for hydroxylation is 1. The van der Waals surface area contributed by atoms with E-state index in [-0.39, 0.29) is 17.7 Å². The molecule has 10 heteroatoms. The van der Waals surface area contributed by atoms with E-state index in [1.165, 1.54) is 11.3 Å². The van der Waals surface area contributed by atoms with Crippen LogP contribution in [0.1, 0.15) is 44.7 Å². The van der Waals surface area contributed by atoms with Crippen molar-refractivity contribution < 1.29 is 14.3 Å². The van der Waals surface area contributed by atoms with Gasteiger partial charge < -0.3 is 15.0 Å². The average Bonchev–Trinajstić information content (AvgIpc) is 3.52. The largest absolute Gasteiger partial charge is 0.496 e. The third-order valence-corrected chi connectivity index (χ3v) is 7.07. The topological polar surface area (TPSA) is 102 Å². The number of aromatic nitrogens is 4. The summed E-state index contributed by atoms with van der Waals surface area (Å²) in [6, 6.07) is 11.1. The Morgan fingerprint density at radius 1 is 1.12 bits per heavy atom. The predicted molar refractivity (Wildman–Crippen MR) is 129 cm³/mol. The number of nitrogens with zero attached hydrogens (tertiary/aromatic N) is 5. The van der Waals surface area contributed by atoms with Gasteiger partial charge in [-0.3, -0.25) is 14.3 Å². The van der Waals surface area contributed by atoms with Crippen molar-refractivity contribution in [1.82, 2.24) is 24.6 Å². The van der Waals surface area contributed by atoms with Crippen molar-refractivity contribution in [2.75, 3.05) is 25.5 Å². The van der Waals surface area contributed by atoms with Crippen LogP contribution in [0, 0.1) is 0 Å². The number of amides is 2. The molecule has 34 heavy (non-hydrogen) atoms. The molecule has 0 bridgehead atoms. The summed E-state index contributed by atoms with van der Waals surface area (Å²) in [7, 11) is 3.36. The first kappa shape index (κ1) is 22.0. The number of hydrogen-bond donors (Lipinski definition) is 1. The molecule has 1 aliphatic rings. The maximum Gasteiger partial charge on any atom is 0.276 e. The first-order valence-corrected chi connectivity index (χ1v) is 11.9. The van der Waals surface area contributed by atoms with Gasteiger partial charge in [-0.25, -0.2) is 9.97 Å². The van der Waals surface area contributed by atoms with Crippen LogP contribution in [0.15, 0.2) is 48.0 Å². The molecule has 1 fully saturated rings. The highest BCUT2D eigenvalue weighted by molar-refractivity contribution is 7.10. The van der Waals surface area contributed by atoms with Gasteiger partial charge in [0.05, 0.1) is 23.8 Å². The van der Waals surface area contributed by atoms with Gasteiger partial charge in [-0.1, -0.05) is 12.1 Å². The Bertz CT molecular complexity index is 1360. The van der Waals surface area contributed by atoms with Gasteiger partial charge >= 0.3 is 0 Å². The van der Waals surface area contributed by atoms with E-state index in [9.17, 15) is 9.59 Å². The van der Waals surface area contributed by atoms with Gasteiger partial charge in [0.1, 0.15) is 23.0 Å². The predicted octanol–water partition coefficient (Wildman–Crippen LogP) is 3.71. The number of para-hydroxylation sites is 1. The van der Waals surface area contributed by atoms with E-state index in [0.717, 1.165) is 28.8 Å². The van der Waals surface area contributed by atoms with Crippen LogP contribution in [0.25, 0.3) is 10.9 Å². The summed E-state index contributed by atoms with van der Waals surface area (Å²) in [5.41, 5.74) is 1.52. The van der Waals surface area contributed by atoms with E-state index in [0.29, 0.717) is 36.0 Å². The molecule has 5 rings (SSSR count). The molecule has 1 aromatic carbocycles. The van der Waals surface area contributed by atoms with Crippen LogP contribution in [0.5, 0.6) is 5.75 Å². The van der Waals surface area contributed by atoms with Crippen LogP contribution in [0.2, 0.25) is 0 Å². The molecule has 1 N–H and O–H groups in total. The fourth-order valence-corrected chi connectivity index (χ4v) is 5.14. The minimum atomic E-state index is -0.255. The van der Waals surface area contributed by atoms with E-state index in [2.05, 4.69) is 20.4 Å². The average molecular weight is 477 g/mol. The zero-order valence-corrected chi connectivity index (χ0v) is 19.7. The third-order valence-electron chi connectivity index (χ3n) is 6.07. The number of carbonyl (C=O) groups is 2. The second-order valence-corrected chi connectivity index (χ2v) is 9.05. The fraction of sp³-hybridized carbons (Fsp3) is 0.292. The van der Waals surface area contributed by atoms with Gasteiger partial charge in [0.15, 0.2) is 0 Å². The number of ether oxygens (including phenoxy) is 1. The monoisotopic (exact) mass is 476 g/mol. The maximum atomic E-state index is 13.2. The lowest BCUT2D eigenvalue weighted by Gasteiger charge is -2.31. The quantitative estimate of drug-likeness (QED) is 0.471. The number of fused-ring (bicyclic) bond motifs is 1. The number of benzene rings is 1. The molecule has 1 aliphatic heterocycles. The normalized spacial score (nSPS) is 14.4. The number of thiazole rings is 1. The maximum absolute atomic E-state index is 13.2. The molecular formula is C24H24N6O3S. The summed E-state index contributed by atoms with van der Waals surface area (Å²) < 4.78 is 7.08. The molecular weight excluding hydrogens is 452 g/mol. The molecule has 3 aromatic heterocycles. The second kappa shape index (κ2) is 9.22. The number of carbonyl (C=O) groups excluding carboxylic acids is 2. The van der Waals surface area contributed by atoms with Crippen molar-refractivity contribution in [2.45, 2.75) is 18.8 Å². The van der Waals surface area contributed by atoms with Crippen molar-refractivity contribution in [1.29, 1.82) is 0 Å². The van der Waals surface area contributed by atoms with E-state index in [4.69, 9.17) is 4.74 Å². The fourth-order valence-electron chi connectivity index (χ4n) is 4.17. The van der Waals surface area contributed by atoms with E-state index < -0.39 is 0 Å². The van der Waals surface area contributed by atoms with Gasteiger partial charge in [0.2, 0.25) is 0 Å². The number of hydrogen-bond acceptors (Lipinski definition) is 7. The van der Waals surface area contributed by atoms with Gasteiger partial charge in [0, 0.05) is 49.0 Å².